The Morgan fingerprint density at radius 1 is 0.619 bits per heavy atom. The van der Waals surface area contributed by atoms with E-state index in [0.29, 0.717) is 0 Å². The van der Waals surface area contributed by atoms with Gasteiger partial charge in [0, 0.05) is 46.3 Å². The molecule has 0 atom stereocenters. The fraction of sp³-hybridized carbons (Fsp3) is 0. The largest absolute Gasteiger partial charge is 0.456 e. The van der Waals surface area contributed by atoms with Crippen molar-refractivity contribution >= 4 is 21.5 Å². The number of fused-ring (bicyclic) bond motifs is 2. The molecule has 0 amide bonds. The maximum atomic E-state index is 6.15. The highest BCUT2D eigenvalue weighted by molar-refractivity contribution is 5.90. The van der Waals surface area contributed by atoms with E-state index in [1.807, 2.05) is 60.9 Å². The van der Waals surface area contributed by atoms with Gasteiger partial charge in [-0.1, -0.05) is 24.3 Å². The molecule has 3 heteroatoms. The van der Waals surface area contributed by atoms with Crippen LogP contribution >= 0.6 is 0 Å². The molecule has 2 heterocycles. The number of hydrogen-bond donors (Lipinski definition) is 0. The summed E-state index contributed by atoms with van der Waals surface area (Å²) >= 11 is 0. The zero-order valence-corrected chi connectivity index (χ0v) is 11.2. The topological polar surface area (TPSA) is 35.0 Å². The number of benzene rings is 2. The van der Waals surface area contributed by atoms with Crippen LogP contribution in [0, 0.1) is 0 Å². The van der Waals surface area contributed by atoms with E-state index in [4.69, 9.17) is 4.74 Å². The van der Waals surface area contributed by atoms with Gasteiger partial charge in [0.15, 0.2) is 0 Å². The zero-order chi connectivity index (χ0) is 14.1. The third-order valence-corrected chi connectivity index (χ3v) is 3.50. The Labute approximate surface area is 121 Å². The average Bonchev–Trinajstić information content (AvgIpc) is 2.56. The van der Waals surface area contributed by atoms with Gasteiger partial charge >= 0.3 is 0 Å². The summed E-state index contributed by atoms with van der Waals surface area (Å²) in [7, 11) is 0. The van der Waals surface area contributed by atoms with Crippen LogP contribution < -0.4 is 4.74 Å². The predicted octanol–water partition coefficient (Wildman–Crippen LogP) is 4.58. The Kier molecular flexibility index (Phi) is 2.75. The molecule has 0 unspecified atom stereocenters. The molecule has 21 heavy (non-hydrogen) atoms. The zero-order valence-electron chi connectivity index (χ0n) is 11.2. The lowest BCUT2D eigenvalue weighted by molar-refractivity contribution is 0.494. The van der Waals surface area contributed by atoms with Crippen LogP contribution in [-0.4, -0.2) is 9.97 Å². The number of aromatic nitrogens is 2. The van der Waals surface area contributed by atoms with Crippen LogP contribution in [0.15, 0.2) is 73.3 Å². The molecule has 2 aromatic heterocycles. The third kappa shape index (κ3) is 2.09. The van der Waals surface area contributed by atoms with Crippen molar-refractivity contribution < 1.29 is 4.74 Å². The summed E-state index contributed by atoms with van der Waals surface area (Å²) in [6.45, 7) is 0. The minimum absolute atomic E-state index is 0.833. The van der Waals surface area contributed by atoms with Gasteiger partial charge in [0.2, 0.25) is 0 Å². The van der Waals surface area contributed by atoms with Crippen LogP contribution in [0.5, 0.6) is 11.5 Å². The molecule has 0 radical (unpaired) electrons. The van der Waals surface area contributed by atoms with E-state index in [2.05, 4.69) is 9.97 Å². The van der Waals surface area contributed by atoms with Crippen molar-refractivity contribution in [1.82, 2.24) is 9.97 Å². The highest BCUT2D eigenvalue weighted by Crippen LogP contribution is 2.33. The number of hydrogen-bond acceptors (Lipinski definition) is 3. The Hall–Kier alpha value is -2.94. The summed E-state index contributed by atoms with van der Waals surface area (Å²) in [6.07, 6.45) is 7.24. The van der Waals surface area contributed by atoms with Gasteiger partial charge in [0.05, 0.1) is 0 Å². The second-order valence-corrected chi connectivity index (χ2v) is 4.81. The van der Waals surface area contributed by atoms with Gasteiger partial charge < -0.3 is 4.74 Å². The third-order valence-electron chi connectivity index (χ3n) is 3.50. The van der Waals surface area contributed by atoms with E-state index in [1.54, 1.807) is 12.4 Å². The minimum Gasteiger partial charge on any atom is -0.456 e. The molecule has 100 valence electrons. The SMILES string of the molecule is c1cc(Oc2cccc3cnccc23)c2ccncc2c1. The van der Waals surface area contributed by atoms with Gasteiger partial charge in [-0.25, -0.2) is 0 Å². The summed E-state index contributed by atoms with van der Waals surface area (Å²) < 4.78 is 6.15. The highest BCUT2D eigenvalue weighted by Gasteiger charge is 2.06. The van der Waals surface area contributed by atoms with Gasteiger partial charge in [-0.05, 0) is 24.3 Å². The van der Waals surface area contributed by atoms with Gasteiger partial charge in [-0.3, -0.25) is 9.97 Å². The van der Waals surface area contributed by atoms with Crippen molar-refractivity contribution in [2.75, 3.05) is 0 Å². The standard InChI is InChI=1S/C18H12N2O/c1-3-13-11-19-9-7-15(13)17(5-1)21-18-6-2-4-14-12-20-10-8-16(14)18/h1-12H. The molecule has 0 aliphatic heterocycles. The summed E-state index contributed by atoms with van der Waals surface area (Å²) in [5.74, 6) is 1.67. The van der Waals surface area contributed by atoms with E-state index in [9.17, 15) is 0 Å². The molecule has 0 N–H and O–H groups in total. The molecule has 0 saturated heterocycles. The Bertz CT molecular complexity index is 846. The van der Waals surface area contributed by atoms with Crippen LogP contribution in [0.1, 0.15) is 0 Å². The van der Waals surface area contributed by atoms with Crippen molar-refractivity contribution in [3.63, 3.8) is 0 Å². The Balaban J connectivity index is 1.87. The molecule has 0 saturated carbocycles. The van der Waals surface area contributed by atoms with Crippen LogP contribution in [0.25, 0.3) is 21.5 Å². The highest BCUT2D eigenvalue weighted by atomic mass is 16.5. The summed E-state index contributed by atoms with van der Waals surface area (Å²) in [5.41, 5.74) is 0. The summed E-state index contributed by atoms with van der Waals surface area (Å²) in [4.78, 5) is 8.29. The van der Waals surface area contributed by atoms with E-state index >= 15 is 0 Å². The minimum atomic E-state index is 0.833. The number of pyridine rings is 2. The van der Waals surface area contributed by atoms with Gasteiger partial charge in [-0.2, -0.15) is 0 Å². The molecular weight excluding hydrogens is 260 g/mol. The summed E-state index contributed by atoms with van der Waals surface area (Å²) in [6, 6.07) is 15.9. The first-order valence-corrected chi connectivity index (χ1v) is 6.75. The molecule has 0 bridgehead atoms. The van der Waals surface area contributed by atoms with Crippen molar-refractivity contribution in [3.8, 4) is 11.5 Å². The van der Waals surface area contributed by atoms with E-state index in [-0.39, 0.29) is 0 Å². The van der Waals surface area contributed by atoms with Crippen LogP contribution in [-0.2, 0) is 0 Å². The Morgan fingerprint density at radius 2 is 1.14 bits per heavy atom. The number of ether oxygens (including phenoxy) is 1. The van der Waals surface area contributed by atoms with Crippen LogP contribution in [0.4, 0.5) is 0 Å². The van der Waals surface area contributed by atoms with E-state index in [1.165, 1.54) is 0 Å². The molecule has 0 aliphatic carbocycles. The molecule has 2 aromatic carbocycles. The second-order valence-electron chi connectivity index (χ2n) is 4.81. The Morgan fingerprint density at radius 3 is 1.67 bits per heavy atom. The lowest BCUT2D eigenvalue weighted by atomic mass is 10.1. The molecule has 0 spiro atoms. The molecule has 0 aliphatic rings. The lowest BCUT2D eigenvalue weighted by Crippen LogP contribution is -1.88. The maximum Gasteiger partial charge on any atom is 0.135 e. The normalized spacial score (nSPS) is 10.9. The monoisotopic (exact) mass is 272 g/mol. The number of rotatable bonds is 2. The molecule has 0 fully saturated rings. The smallest absolute Gasteiger partial charge is 0.135 e. The fourth-order valence-corrected chi connectivity index (χ4v) is 2.48. The van der Waals surface area contributed by atoms with Gasteiger partial charge in [0.1, 0.15) is 11.5 Å². The predicted molar refractivity (Wildman–Crippen MR) is 83.6 cm³/mol. The van der Waals surface area contributed by atoms with Gasteiger partial charge in [-0.15, -0.1) is 0 Å². The summed E-state index contributed by atoms with van der Waals surface area (Å²) in [5, 5.41) is 4.24. The molecular formula is C18H12N2O. The lowest BCUT2D eigenvalue weighted by Gasteiger charge is -2.10. The quantitative estimate of drug-likeness (QED) is 0.536. The van der Waals surface area contributed by atoms with Crippen molar-refractivity contribution in [1.29, 1.82) is 0 Å². The van der Waals surface area contributed by atoms with Crippen molar-refractivity contribution in [2.24, 2.45) is 0 Å². The number of nitrogens with zero attached hydrogens (tertiary/aromatic N) is 2. The first-order chi connectivity index (χ1) is 10.4. The van der Waals surface area contributed by atoms with E-state index in [0.717, 1.165) is 33.0 Å². The van der Waals surface area contributed by atoms with Crippen molar-refractivity contribution in [3.05, 3.63) is 73.3 Å². The molecule has 4 aromatic rings. The molecule has 4 rings (SSSR count). The fourth-order valence-electron chi connectivity index (χ4n) is 2.48. The van der Waals surface area contributed by atoms with Crippen LogP contribution in [0.2, 0.25) is 0 Å². The first kappa shape index (κ1) is 11.9. The van der Waals surface area contributed by atoms with E-state index < -0.39 is 0 Å². The maximum absolute atomic E-state index is 6.15. The van der Waals surface area contributed by atoms with Crippen LogP contribution in [0.3, 0.4) is 0 Å². The van der Waals surface area contributed by atoms with Gasteiger partial charge in [0.25, 0.3) is 0 Å². The molecule has 3 nitrogen and oxygen atoms in total. The first-order valence-electron chi connectivity index (χ1n) is 6.75. The van der Waals surface area contributed by atoms with Crippen molar-refractivity contribution in [2.45, 2.75) is 0 Å². The average molecular weight is 272 g/mol. The second kappa shape index (κ2) is 4.87.